The van der Waals surface area contributed by atoms with Crippen LogP contribution in [0.5, 0.6) is 0 Å². The fourth-order valence-electron chi connectivity index (χ4n) is 0.634. The number of hydrogen-bond donors (Lipinski definition) is 1. The van der Waals surface area contributed by atoms with E-state index in [4.69, 9.17) is 0 Å². The van der Waals surface area contributed by atoms with Crippen molar-refractivity contribution in [3.8, 4) is 0 Å². The molecule has 0 atom stereocenters. The van der Waals surface area contributed by atoms with Gasteiger partial charge in [0, 0.05) is 12.7 Å². The molecular formula is C8H13F2NO3. The third-order valence-corrected chi connectivity index (χ3v) is 1.13. The summed E-state index contributed by atoms with van der Waals surface area (Å²) in [6.45, 7) is 0.890. The predicted molar refractivity (Wildman–Crippen MR) is 45.5 cm³/mol. The van der Waals surface area contributed by atoms with Gasteiger partial charge in [-0.25, -0.2) is 4.79 Å². The summed E-state index contributed by atoms with van der Waals surface area (Å²) >= 11 is 0. The van der Waals surface area contributed by atoms with Crippen LogP contribution in [0.4, 0.5) is 8.78 Å². The van der Waals surface area contributed by atoms with Crippen LogP contribution in [0.3, 0.4) is 0 Å². The highest BCUT2D eigenvalue weighted by molar-refractivity contribution is 5.86. The van der Waals surface area contributed by atoms with E-state index in [9.17, 15) is 13.6 Å². The van der Waals surface area contributed by atoms with Crippen molar-refractivity contribution in [3.63, 3.8) is 0 Å². The molecule has 0 heterocycles. The number of nitrogens with one attached hydrogen (secondary N) is 1. The van der Waals surface area contributed by atoms with Crippen LogP contribution >= 0.6 is 0 Å². The summed E-state index contributed by atoms with van der Waals surface area (Å²) in [5, 5.41) is 2.57. The molecule has 0 spiro atoms. The minimum absolute atomic E-state index is 0.106. The second-order valence-electron chi connectivity index (χ2n) is 2.17. The van der Waals surface area contributed by atoms with Crippen LogP contribution in [-0.2, 0) is 14.3 Å². The number of esters is 1. The second kappa shape index (κ2) is 7.11. The molecule has 1 N–H and O–H groups in total. The zero-order valence-electron chi connectivity index (χ0n) is 8.05. The molecule has 0 aromatic carbocycles. The molecule has 0 amide bonds. The SMILES string of the molecule is CCN/C=C(\OC(F)F)C(=O)OCC. The van der Waals surface area contributed by atoms with Gasteiger partial charge in [0.25, 0.3) is 0 Å². The summed E-state index contributed by atoms with van der Waals surface area (Å²) in [7, 11) is 0. The highest BCUT2D eigenvalue weighted by atomic mass is 19.3. The van der Waals surface area contributed by atoms with Gasteiger partial charge in [0.05, 0.1) is 6.61 Å². The zero-order valence-corrected chi connectivity index (χ0v) is 8.05. The number of halogens is 2. The van der Waals surface area contributed by atoms with Gasteiger partial charge in [0.15, 0.2) is 0 Å². The zero-order chi connectivity index (χ0) is 11.0. The van der Waals surface area contributed by atoms with Crippen molar-refractivity contribution >= 4 is 5.97 Å². The summed E-state index contributed by atoms with van der Waals surface area (Å²) < 4.78 is 32.1. The number of ether oxygens (including phenoxy) is 2. The van der Waals surface area contributed by atoms with E-state index in [0.29, 0.717) is 6.54 Å². The van der Waals surface area contributed by atoms with Crippen molar-refractivity contribution in [2.24, 2.45) is 0 Å². The van der Waals surface area contributed by atoms with Crippen molar-refractivity contribution in [1.29, 1.82) is 0 Å². The number of alkyl halides is 2. The molecule has 14 heavy (non-hydrogen) atoms. The van der Waals surface area contributed by atoms with Gasteiger partial charge in [0.1, 0.15) is 0 Å². The Morgan fingerprint density at radius 1 is 1.50 bits per heavy atom. The summed E-state index contributed by atoms with van der Waals surface area (Å²) in [6.07, 6.45) is 1.06. The molecule has 0 aromatic rings. The Morgan fingerprint density at radius 2 is 2.14 bits per heavy atom. The maximum atomic E-state index is 11.8. The molecule has 0 aliphatic heterocycles. The summed E-state index contributed by atoms with van der Waals surface area (Å²) in [6, 6.07) is 0. The molecule has 0 saturated heterocycles. The maximum Gasteiger partial charge on any atom is 0.387 e. The van der Waals surface area contributed by atoms with Crippen molar-refractivity contribution in [1.82, 2.24) is 5.32 Å². The predicted octanol–water partition coefficient (Wildman–Crippen LogP) is 1.24. The number of carbonyl (C=O) groups is 1. The van der Waals surface area contributed by atoms with Gasteiger partial charge in [0.2, 0.25) is 5.76 Å². The summed E-state index contributed by atoms with van der Waals surface area (Å²) in [5.41, 5.74) is 0. The van der Waals surface area contributed by atoms with E-state index >= 15 is 0 Å². The van der Waals surface area contributed by atoms with Crippen LogP contribution in [0.15, 0.2) is 12.0 Å². The van der Waals surface area contributed by atoms with Crippen molar-refractivity contribution in [3.05, 3.63) is 12.0 Å². The van der Waals surface area contributed by atoms with E-state index in [2.05, 4.69) is 14.8 Å². The molecule has 0 aliphatic carbocycles. The Kier molecular flexibility index (Phi) is 6.43. The minimum Gasteiger partial charge on any atom is -0.460 e. The van der Waals surface area contributed by atoms with E-state index in [-0.39, 0.29) is 6.61 Å². The van der Waals surface area contributed by atoms with Crippen LogP contribution in [0.2, 0.25) is 0 Å². The van der Waals surface area contributed by atoms with Crippen LogP contribution in [0, 0.1) is 0 Å². The maximum absolute atomic E-state index is 11.8. The minimum atomic E-state index is -3.04. The van der Waals surface area contributed by atoms with E-state index in [1.807, 2.05) is 0 Å². The first-order valence-electron chi connectivity index (χ1n) is 4.17. The molecule has 0 unspecified atom stereocenters. The van der Waals surface area contributed by atoms with Gasteiger partial charge in [-0.3, -0.25) is 0 Å². The molecule has 4 nitrogen and oxygen atoms in total. The van der Waals surface area contributed by atoms with Crippen LogP contribution in [-0.4, -0.2) is 25.7 Å². The highest BCUT2D eigenvalue weighted by Gasteiger charge is 2.16. The third kappa shape index (κ3) is 5.34. The fraction of sp³-hybridized carbons (Fsp3) is 0.625. The Labute approximate surface area is 80.9 Å². The van der Waals surface area contributed by atoms with E-state index in [0.717, 1.165) is 6.20 Å². The molecule has 0 bridgehead atoms. The Hall–Kier alpha value is -1.33. The number of carbonyl (C=O) groups excluding carboxylic acids is 1. The Balaban J connectivity index is 4.30. The standard InChI is InChI=1S/C8H13F2NO3/c1-3-11-5-6(14-8(9)10)7(12)13-4-2/h5,8,11H,3-4H2,1-2H3/b6-5-. The molecule has 82 valence electrons. The molecule has 0 fully saturated rings. The Bertz CT molecular complexity index is 207. The topological polar surface area (TPSA) is 47.6 Å². The van der Waals surface area contributed by atoms with E-state index < -0.39 is 18.3 Å². The molecule has 0 aromatic heterocycles. The van der Waals surface area contributed by atoms with Crippen LogP contribution in [0.1, 0.15) is 13.8 Å². The molecule has 0 rings (SSSR count). The molecule has 0 aliphatic rings. The molecule has 6 heteroatoms. The Morgan fingerprint density at radius 3 is 2.57 bits per heavy atom. The van der Waals surface area contributed by atoms with Gasteiger partial charge in [-0.15, -0.1) is 0 Å². The highest BCUT2D eigenvalue weighted by Crippen LogP contribution is 2.06. The lowest BCUT2D eigenvalue weighted by atomic mass is 10.5. The van der Waals surface area contributed by atoms with Gasteiger partial charge < -0.3 is 14.8 Å². The lowest BCUT2D eigenvalue weighted by molar-refractivity contribution is -0.154. The number of hydrogen-bond acceptors (Lipinski definition) is 4. The first kappa shape index (κ1) is 12.7. The summed E-state index contributed by atoms with van der Waals surface area (Å²) in [4.78, 5) is 11.0. The van der Waals surface area contributed by atoms with Crippen molar-refractivity contribution in [2.45, 2.75) is 20.5 Å². The first-order valence-corrected chi connectivity index (χ1v) is 4.17. The molecule has 0 radical (unpaired) electrons. The monoisotopic (exact) mass is 209 g/mol. The number of rotatable bonds is 6. The lowest BCUT2D eigenvalue weighted by Gasteiger charge is -2.08. The van der Waals surface area contributed by atoms with Crippen molar-refractivity contribution < 1.29 is 23.0 Å². The van der Waals surface area contributed by atoms with Gasteiger partial charge in [-0.2, -0.15) is 8.78 Å². The largest absolute Gasteiger partial charge is 0.460 e. The summed E-state index contributed by atoms with van der Waals surface area (Å²) in [5.74, 6) is -1.43. The second-order valence-corrected chi connectivity index (χ2v) is 2.17. The van der Waals surface area contributed by atoms with E-state index in [1.165, 1.54) is 0 Å². The van der Waals surface area contributed by atoms with Gasteiger partial charge in [-0.05, 0) is 13.8 Å². The van der Waals surface area contributed by atoms with Gasteiger partial charge in [-0.1, -0.05) is 0 Å². The van der Waals surface area contributed by atoms with Gasteiger partial charge >= 0.3 is 12.6 Å². The van der Waals surface area contributed by atoms with Crippen molar-refractivity contribution in [2.75, 3.05) is 13.2 Å². The average Bonchev–Trinajstić information content (AvgIpc) is 2.12. The quantitative estimate of drug-likeness (QED) is 0.406. The normalized spacial score (nSPS) is 11.4. The molecule has 0 saturated carbocycles. The first-order chi connectivity index (χ1) is 6.61. The smallest absolute Gasteiger partial charge is 0.387 e. The fourth-order valence-corrected chi connectivity index (χ4v) is 0.634. The third-order valence-electron chi connectivity index (χ3n) is 1.13. The van der Waals surface area contributed by atoms with E-state index in [1.54, 1.807) is 13.8 Å². The van der Waals surface area contributed by atoms with Crippen LogP contribution in [0.25, 0.3) is 0 Å². The van der Waals surface area contributed by atoms with Crippen LogP contribution < -0.4 is 5.32 Å². The molecular weight excluding hydrogens is 196 g/mol. The average molecular weight is 209 g/mol. The lowest BCUT2D eigenvalue weighted by Crippen LogP contribution is -2.16.